The van der Waals surface area contributed by atoms with Gasteiger partial charge in [-0.1, -0.05) is 12.8 Å². The van der Waals surface area contributed by atoms with Crippen LogP contribution in [0.2, 0.25) is 0 Å². The van der Waals surface area contributed by atoms with Crippen LogP contribution in [0.1, 0.15) is 49.1 Å². The predicted octanol–water partition coefficient (Wildman–Crippen LogP) is 0.233. The third kappa shape index (κ3) is 5.29. The number of amides is 3. The van der Waals surface area contributed by atoms with Gasteiger partial charge >= 0.3 is 0 Å². The molecule has 2 aliphatic rings. The molecule has 0 bridgehead atoms. The molecular formula is C18H24N6O3. The van der Waals surface area contributed by atoms with Crippen molar-refractivity contribution in [2.45, 2.75) is 50.6 Å². The molecule has 1 saturated carbocycles. The molecule has 1 aromatic rings. The van der Waals surface area contributed by atoms with Gasteiger partial charge in [0, 0.05) is 24.9 Å². The summed E-state index contributed by atoms with van der Waals surface area (Å²) in [6, 6.07) is 0.562. The van der Waals surface area contributed by atoms with Gasteiger partial charge in [0.2, 0.25) is 11.8 Å². The van der Waals surface area contributed by atoms with Crippen molar-refractivity contribution in [3.05, 3.63) is 18.2 Å². The number of nitrogens with zero attached hydrogens (tertiary/aromatic N) is 2. The number of carbonyl (C=O) groups is 3. The summed E-state index contributed by atoms with van der Waals surface area (Å²) in [4.78, 5) is 43.4. The van der Waals surface area contributed by atoms with Crippen LogP contribution < -0.4 is 16.0 Å². The van der Waals surface area contributed by atoms with Crippen molar-refractivity contribution in [3.63, 3.8) is 0 Å². The molecule has 3 atom stereocenters. The first kappa shape index (κ1) is 18.9. The second-order valence-corrected chi connectivity index (χ2v) is 7.20. The van der Waals surface area contributed by atoms with Crippen LogP contribution in [0.4, 0.5) is 0 Å². The van der Waals surface area contributed by atoms with E-state index in [1.54, 1.807) is 0 Å². The zero-order chi connectivity index (χ0) is 19.2. The van der Waals surface area contributed by atoms with E-state index in [1.165, 1.54) is 12.4 Å². The fourth-order valence-electron chi connectivity index (χ4n) is 3.30. The smallest absolute Gasteiger partial charge is 0.287 e. The summed E-state index contributed by atoms with van der Waals surface area (Å²) in [5, 5.41) is 17.6. The quantitative estimate of drug-likeness (QED) is 0.517. The summed E-state index contributed by atoms with van der Waals surface area (Å²) in [6.45, 7) is 0.654. The van der Waals surface area contributed by atoms with E-state index in [0.717, 1.165) is 19.3 Å². The van der Waals surface area contributed by atoms with Crippen molar-refractivity contribution < 1.29 is 14.4 Å². The first-order valence-corrected chi connectivity index (χ1v) is 9.34. The van der Waals surface area contributed by atoms with Gasteiger partial charge in [0.25, 0.3) is 5.91 Å². The van der Waals surface area contributed by atoms with Gasteiger partial charge in [0.05, 0.1) is 6.07 Å². The minimum Gasteiger partial charge on any atom is -0.356 e. The van der Waals surface area contributed by atoms with Crippen LogP contribution in [-0.4, -0.2) is 46.3 Å². The van der Waals surface area contributed by atoms with Gasteiger partial charge in [-0.15, -0.1) is 0 Å². The summed E-state index contributed by atoms with van der Waals surface area (Å²) in [7, 11) is 0. The van der Waals surface area contributed by atoms with Crippen LogP contribution in [0.15, 0.2) is 12.4 Å². The SMILES string of the molecule is N#C[C@H](C[C@@H]1CCCNC1=O)NC(=O)[C@H](CC1CC1)NC(=O)c1ncc[nH]1. The van der Waals surface area contributed by atoms with E-state index >= 15 is 0 Å². The molecule has 1 aliphatic heterocycles. The molecule has 1 saturated heterocycles. The van der Waals surface area contributed by atoms with Crippen molar-refractivity contribution in [3.8, 4) is 6.07 Å². The Bertz CT molecular complexity index is 722. The van der Waals surface area contributed by atoms with Crippen LogP contribution in [0.25, 0.3) is 0 Å². The second kappa shape index (κ2) is 8.66. The monoisotopic (exact) mass is 372 g/mol. The number of carbonyl (C=O) groups excluding carboxylic acids is 3. The number of piperidine rings is 1. The number of nitriles is 1. The zero-order valence-electron chi connectivity index (χ0n) is 15.0. The standard InChI is InChI=1S/C18H24N6O3/c19-10-13(9-12-2-1-5-22-16(12)25)23-17(26)14(8-11-3-4-11)24-18(27)15-20-6-7-21-15/h6-7,11-14H,1-5,8-9H2,(H,20,21)(H,22,25)(H,23,26)(H,24,27)/t12-,13-,14-/m0/s1. The number of hydrogen-bond donors (Lipinski definition) is 4. The summed E-state index contributed by atoms with van der Waals surface area (Å²) in [5.74, 6) is -0.660. The van der Waals surface area contributed by atoms with Crippen LogP contribution >= 0.6 is 0 Å². The average Bonchev–Trinajstić information content (AvgIpc) is 3.30. The molecule has 0 aromatic carbocycles. The van der Waals surface area contributed by atoms with Crippen LogP contribution in [0.5, 0.6) is 0 Å². The average molecular weight is 372 g/mol. The largest absolute Gasteiger partial charge is 0.356 e. The highest BCUT2D eigenvalue weighted by Crippen LogP contribution is 2.33. The van der Waals surface area contributed by atoms with Gasteiger partial charge < -0.3 is 20.9 Å². The maximum atomic E-state index is 12.7. The van der Waals surface area contributed by atoms with Gasteiger partial charge in [-0.05, 0) is 31.6 Å². The molecule has 9 heteroatoms. The molecule has 1 aliphatic carbocycles. The van der Waals surface area contributed by atoms with Crippen LogP contribution in [0.3, 0.4) is 0 Å². The van der Waals surface area contributed by atoms with E-state index in [9.17, 15) is 19.6 Å². The number of aromatic amines is 1. The van der Waals surface area contributed by atoms with E-state index < -0.39 is 23.9 Å². The van der Waals surface area contributed by atoms with Crippen LogP contribution in [-0.2, 0) is 9.59 Å². The van der Waals surface area contributed by atoms with E-state index in [-0.39, 0.29) is 24.1 Å². The third-order valence-electron chi connectivity index (χ3n) is 4.99. The molecule has 4 N–H and O–H groups in total. The lowest BCUT2D eigenvalue weighted by Crippen LogP contribution is -2.50. The Balaban J connectivity index is 1.59. The summed E-state index contributed by atoms with van der Waals surface area (Å²) < 4.78 is 0. The van der Waals surface area contributed by atoms with Crippen molar-refractivity contribution in [2.24, 2.45) is 11.8 Å². The lowest BCUT2D eigenvalue weighted by Gasteiger charge is -2.25. The van der Waals surface area contributed by atoms with E-state index in [1.807, 2.05) is 0 Å². The molecule has 0 unspecified atom stereocenters. The number of H-pyrrole nitrogens is 1. The molecule has 0 radical (unpaired) electrons. The minimum absolute atomic E-state index is 0.0728. The predicted molar refractivity (Wildman–Crippen MR) is 95.1 cm³/mol. The van der Waals surface area contributed by atoms with Gasteiger partial charge in [-0.25, -0.2) is 4.98 Å². The number of aromatic nitrogens is 2. The highest BCUT2D eigenvalue weighted by molar-refractivity contribution is 5.95. The summed E-state index contributed by atoms with van der Waals surface area (Å²) in [6.07, 6.45) is 7.44. The van der Waals surface area contributed by atoms with E-state index in [0.29, 0.717) is 25.3 Å². The lowest BCUT2D eigenvalue weighted by atomic mass is 9.92. The van der Waals surface area contributed by atoms with Gasteiger partial charge in [0.1, 0.15) is 12.1 Å². The number of hydrogen-bond acceptors (Lipinski definition) is 5. The summed E-state index contributed by atoms with van der Waals surface area (Å²) >= 11 is 0. The molecule has 3 amide bonds. The van der Waals surface area contributed by atoms with Crippen molar-refractivity contribution in [1.29, 1.82) is 5.26 Å². The fourth-order valence-corrected chi connectivity index (χ4v) is 3.30. The molecule has 9 nitrogen and oxygen atoms in total. The molecule has 27 heavy (non-hydrogen) atoms. The molecule has 2 heterocycles. The topological polar surface area (TPSA) is 140 Å². The lowest BCUT2D eigenvalue weighted by molar-refractivity contribution is -0.128. The van der Waals surface area contributed by atoms with Gasteiger partial charge in [-0.2, -0.15) is 5.26 Å². The number of nitrogens with one attached hydrogen (secondary N) is 4. The highest BCUT2D eigenvalue weighted by Gasteiger charge is 2.33. The zero-order valence-corrected chi connectivity index (χ0v) is 15.0. The Morgan fingerprint density at radius 3 is 2.74 bits per heavy atom. The Hall–Kier alpha value is -2.89. The van der Waals surface area contributed by atoms with E-state index in [2.05, 4.69) is 32.0 Å². The highest BCUT2D eigenvalue weighted by atomic mass is 16.2. The maximum Gasteiger partial charge on any atom is 0.287 e. The van der Waals surface area contributed by atoms with Crippen molar-refractivity contribution in [2.75, 3.05) is 6.54 Å². The van der Waals surface area contributed by atoms with Gasteiger partial charge in [-0.3, -0.25) is 14.4 Å². The third-order valence-corrected chi connectivity index (χ3v) is 4.99. The van der Waals surface area contributed by atoms with Crippen LogP contribution in [0, 0.1) is 23.2 Å². The Labute approximate surface area is 157 Å². The molecule has 144 valence electrons. The Morgan fingerprint density at radius 1 is 1.30 bits per heavy atom. The summed E-state index contributed by atoms with van der Waals surface area (Å²) in [5.41, 5.74) is 0. The molecule has 3 rings (SSSR count). The maximum absolute atomic E-state index is 12.7. The van der Waals surface area contributed by atoms with Crippen molar-refractivity contribution >= 4 is 17.7 Å². The molecular weight excluding hydrogens is 348 g/mol. The first-order valence-electron chi connectivity index (χ1n) is 9.34. The Morgan fingerprint density at radius 2 is 2.11 bits per heavy atom. The fraction of sp³-hybridized carbons (Fsp3) is 0.611. The molecule has 1 aromatic heterocycles. The Kier molecular flexibility index (Phi) is 6.06. The van der Waals surface area contributed by atoms with Gasteiger partial charge in [0.15, 0.2) is 5.82 Å². The van der Waals surface area contributed by atoms with E-state index in [4.69, 9.17) is 0 Å². The minimum atomic E-state index is -0.770. The normalized spacial score (nSPS) is 21.4. The first-order chi connectivity index (χ1) is 13.1. The van der Waals surface area contributed by atoms with Crippen molar-refractivity contribution in [1.82, 2.24) is 25.9 Å². The molecule has 0 spiro atoms. The number of rotatable bonds is 8. The number of imidazole rings is 1. The molecule has 2 fully saturated rings. The second-order valence-electron chi connectivity index (χ2n) is 7.20.